The second-order valence-corrected chi connectivity index (χ2v) is 11.3. The summed E-state index contributed by atoms with van der Waals surface area (Å²) in [4.78, 5) is 5.05. The summed E-state index contributed by atoms with van der Waals surface area (Å²) in [5, 5.41) is 0. The normalized spacial score (nSPS) is 13.9. The number of benzene rings is 2. The summed E-state index contributed by atoms with van der Waals surface area (Å²) < 4.78 is 2.49. The molecular formula is C35H52N2. The number of aromatic nitrogens is 2. The molecule has 0 saturated heterocycles. The maximum Gasteiger partial charge on any atom is 0.112 e. The number of rotatable bonds is 19. The van der Waals surface area contributed by atoms with Crippen molar-refractivity contribution in [2.75, 3.05) is 0 Å². The van der Waals surface area contributed by atoms with Crippen molar-refractivity contribution < 1.29 is 0 Å². The van der Waals surface area contributed by atoms with Crippen LogP contribution in [0.5, 0.6) is 0 Å². The van der Waals surface area contributed by atoms with E-state index in [1.54, 1.807) is 0 Å². The molecule has 0 aliphatic rings. The van der Waals surface area contributed by atoms with Crippen LogP contribution in [0, 0.1) is 0 Å². The summed E-state index contributed by atoms with van der Waals surface area (Å²) in [6.45, 7) is 8.18. The predicted molar refractivity (Wildman–Crippen MR) is 160 cm³/mol. The van der Waals surface area contributed by atoms with Crippen LogP contribution >= 0.6 is 0 Å². The van der Waals surface area contributed by atoms with E-state index in [0.29, 0.717) is 5.92 Å². The first-order valence-electron chi connectivity index (χ1n) is 15.3. The minimum atomic E-state index is -0.0159. The molecule has 2 heteroatoms. The minimum absolute atomic E-state index is 0.0159. The van der Waals surface area contributed by atoms with E-state index in [4.69, 9.17) is 4.98 Å². The van der Waals surface area contributed by atoms with E-state index < -0.39 is 0 Å². The zero-order chi connectivity index (χ0) is 26.2. The number of unbranched alkanes of at least 4 members (excludes halogenated alkanes) is 10. The monoisotopic (exact) mass is 500 g/mol. The van der Waals surface area contributed by atoms with Gasteiger partial charge >= 0.3 is 0 Å². The summed E-state index contributed by atoms with van der Waals surface area (Å²) in [5.74, 6) is 1.67. The van der Waals surface area contributed by atoms with Gasteiger partial charge in [0.2, 0.25) is 0 Å². The molecule has 202 valence electrons. The Morgan fingerprint density at radius 1 is 0.703 bits per heavy atom. The Kier molecular flexibility index (Phi) is 13.0. The van der Waals surface area contributed by atoms with Gasteiger partial charge in [-0.15, -0.1) is 0 Å². The van der Waals surface area contributed by atoms with Gasteiger partial charge in [-0.1, -0.05) is 152 Å². The molecule has 0 radical (unpaired) electrons. The molecule has 0 aliphatic carbocycles. The van der Waals surface area contributed by atoms with Crippen molar-refractivity contribution in [1.29, 1.82) is 0 Å². The molecule has 0 amide bonds. The van der Waals surface area contributed by atoms with Crippen molar-refractivity contribution in [2.45, 2.75) is 129 Å². The van der Waals surface area contributed by atoms with E-state index in [-0.39, 0.29) is 5.41 Å². The summed E-state index contributed by atoms with van der Waals surface area (Å²) in [7, 11) is 0. The van der Waals surface area contributed by atoms with Gasteiger partial charge in [0.25, 0.3) is 0 Å². The SMILES string of the molecule is CCCCCCCCCCCn1ccnc1C(CCCCC)C(C)(Cc1ccccc1)c1ccccc1. The van der Waals surface area contributed by atoms with Gasteiger partial charge in [-0.25, -0.2) is 4.98 Å². The van der Waals surface area contributed by atoms with Crippen molar-refractivity contribution in [3.63, 3.8) is 0 Å². The van der Waals surface area contributed by atoms with E-state index in [0.717, 1.165) is 13.0 Å². The summed E-state index contributed by atoms with van der Waals surface area (Å²) in [6.07, 6.45) is 22.6. The zero-order valence-electron chi connectivity index (χ0n) is 24.0. The molecule has 1 heterocycles. The van der Waals surface area contributed by atoms with E-state index >= 15 is 0 Å². The molecule has 37 heavy (non-hydrogen) atoms. The molecule has 3 aromatic rings. The lowest BCUT2D eigenvalue weighted by molar-refractivity contribution is 0.322. The van der Waals surface area contributed by atoms with Gasteiger partial charge in [0, 0.05) is 30.3 Å². The summed E-state index contributed by atoms with van der Waals surface area (Å²) in [5.41, 5.74) is 2.82. The highest BCUT2D eigenvalue weighted by Crippen LogP contribution is 2.44. The van der Waals surface area contributed by atoms with E-state index in [2.05, 4.69) is 92.2 Å². The van der Waals surface area contributed by atoms with E-state index in [9.17, 15) is 0 Å². The third-order valence-electron chi connectivity index (χ3n) is 8.27. The fourth-order valence-corrected chi connectivity index (χ4v) is 6.01. The van der Waals surface area contributed by atoms with Crippen LogP contribution in [-0.4, -0.2) is 9.55 Å². The third kappa shape index (κ3) is 9.16. The van der Waals surface area contributed by atoms with E-state index in [1.807, 2.05) is 6.20 Å². The van der Waals surface area contributed by atoms with Crippen LogP contribution in [-0.2, 0) is 18.4 Å². The molecule has 2 nitrogen and oxygen atoms in total. The van der Waals surface area contributed by atoms with Gasteiger partial charge in [0.1, 0.15) is 5.82 Å². The maximum absolute atomic E-state index is 5.05. The Balaban J connectivity index is 1.76. The molecular weight excluding hydrogens is 448 g/mol. The Hall–Kier alpha value is -2.35. The highest BCUT2D eigenvalue weighted by Gasteiger charge is 2.39. The molecule has 2 unspecified atom stereocenters. The van der Waals surface area contributed by atoms with Crippen molar-refractivity contribution in [3.05, 3.63) is 90.0 Å². The first kappa shape index (κ1) is 29.2. The highest BCUT2D eigenvalue weighted by molar-refractivity contribution is 5.33. The highest BCUT2D eigenvalue weighted by atomic mass is 15.1. The fourth-order valence-electron chi connectivity index (χ4n) is 6.01. The van der Waals surface area contributed by atoms with Crippen LogP contribution in [0.25, 0.3) is 0 Å². The minimum Gasteiger partial charge on any atom is -0.335 e. The number of hydrogen-bond acceptors (Lipinski definition) is 1. The smallest absolute Gasteiger partial charge is 0.112 e. The molecule has 0 fully saturated rings. The molecule has 0 aliphatic heterocycles. The standard InChI is InChI=1S/C35H52N2/c1-4-6-8-9-10-11-12-13-21-28-37-29-27-36-34(37)33(26-16-7-5-2)35(3,32-24-19-15-20-25-32)30-31-22-17-14-18-23-31/h14-15,17-20,22-25,27,29,33H,4-13,16,21,26,28,30H2,1-3H3. The number of hydrogen-bond donors (Lipinski definition) is 0. The first-order valence-corrected chi connectivity index (χ1v) is 15.3. The molecule has 0 bridgehead atoms. The molecule has 0 spiro atoms. The first-order chi connectivity index (χ1) is 18.2. The van der Waals surface area contributed by atoms with Crippen LogP contribution in [0.3, 0.4) is 0 Å². The molecule has 0 saturated carbocycles. The molecule has 2 aromatic carbocycles. The van der Waals surface area contributed by atoms with Gasteiger partial charge in [0.15, 0.2) is 0 Å². The van der Waals surface area contributed by atoms with Crippen LogP contribution in [0.15, 0.2) is 73.1 Å². The van der Waals surface area contributed by atoms with Gasteiger partial charge < -0.3 is 4.57 Å². The largest absolute Gasteiger partial charge is 0.335 e. The Bertz CT molecular complexity index is 961. The van der Waals surface area contributed by atoms with Crippen LogP contribution in [0.1, 0.15) is 127 Å². The van der Waals surface area contributed by atoms with Crippen LogP contribution in [0.4, 0.5) is 0 Å². The summed E-state index contributed by atoms with van der Waals surface area (Å²) >= 11 is 0. The number of nitrogens with zero attached hydrogens (tertiary/aromatic N) is 2. The third-order valence-corrected chi connectivity index (χ3v) is 8.27. The van der Waals surface area contributed by atoms with Crippen molar-refractivity contribution in [1.82, 2.24) is 9.55 Å². The van der Waals surface area contributed by atoms with Gasteiger partial charge in [0.05, 0.1) is 0 Å². The van der Waals surface area contributed by atoms with Crippen LogP contribution < -0.4 is 0 Å². The second-order valence-electron chi connectivity index (χ2n) is 11.3. The van der Waals surface area contributed by atoms with E-state index in [1.165, 1.54) is 100 Å². The topological polar surface area (TPSA) is 17.8 Å². The Morgan fingerprint density at radius 3 is 1.92 bits per heavy atom. The predicted octanol–water partition coefficient (Wildman–Crippen LogP) is 10.3. The van der Waals surface area contributed by atoms with Crippen molar-refractivity contribution in [2.24, 2.45) is 0 Å². The van der Waals surface area contributed by atoms with Crippen LogP contribution in [0.2, 0.25) is 0 Å². The summed E-state index contributed by atoms with van der Waals surface area (Å²) in [6, 6.07) is 22.3. The lowest BCUT2D eigenvalue weighted by Crippen LogP contribution is -2.35. The molecule has 3 rings (SSSR count). The fraction of sp³-hybridized carbons (Fsp3) is 0.571. The average Bonchev–Trinajstić information content (AvgIpc) is 3.39. The van der Waals surface area contributed by atoms with Gasteiger partial charge in [-0.05, 0) is 30.4 Å². The molecule has 1 aromatic heterocycles. The zero-order valence-corrected chi connectivity index (χ0v) is 24.0. The Morgan fingerprint density at radius 2 is 1.27 bits per heavy atom. The quantitative estimate of drug-likeness (QED) is 0.150. The molecule has 0 N–H and O–H groups in total. The van der Waals surface area contributed by atoms with Crippen molar-refractivity contribution >= 4 is 0 Å². The second kappa shape index (κ2) is 16.5. The number of imidazole rings is 1. The lowest BCUT2D eigenvalue weighted by Gasteiger charge is -2.39. The molecule has 2 atom stereocenters. The van der Waals surface area contributed by atoms with Gasteiger partial charge in [-0.3, -0.25) is 0 Å². The Labute approximate surface area is 227 Å². The maximum atomic E-state index is 5.05. The van der Waals surface area contributed by atoms with Gasteiger partial charge in [-0.2, -0.15) is 0 Å². The number of aryl methyl sites for hydroxylation is 1. The lowest BCUT2D eigenvalue weighted by atomic mass is 9.66. The average molecular weight is 501 g/mol. The van der Waals surface area contributed by atoms with Crippen molar-refractivity contribution in [3.8, 4) is 0 Å².